The smallest absolute Gasteiger partial charge is 0.264 e. The number of hydrogen-bond donors (Lipinski definition) is 1. The Bertz CT molecular complexity index is 1250. The van der Waals surface area contributed by atoms with Crippen LogP contribution in [0.1, 0.15) is 42.5 Å². The molecule has 0 saturated carbocycles. The van der Waals surface area contributed by atoms with E-state index in [-0.39, 0.29) is 16.6 Å². The van der Waals surface area contributed by atoms with Crippen molar-refractivity contribution in [3.8, 4) is 0 Å². The third-order valence-electron chi connectivity index (χ3n) is 5.99. The van der Waals surface area contributed by atoms with Crippen molar-refractivity contribution in [2.24, 2.45) is 0 Å². The summed E-state index contributed by atoms with van der Waals surface area (Å²) in [5.41, 5.74) is 3.45. The second kappa shape index (κ2) is 9.75. The predicted molar refractivity (Wildman–Crippen MR) is 127 cm³/mol. The van der Waals surface area contributed by atoms with Crippen LogP contribution in [0, 0.1) is 5.82 Å². The number of amides is 1. The van der Waals surface area contributed by atoms with E-state index in [9.17, 15) is 17.6 Å². The molecule has 0 heterocycles. The van der Waals surface area contributed by atoms with Crippen LogP contribution in [0.3, 0.4) is 0 Å². The Morgan fingerprint density at radius 2 is 1.64 bits per heavy atom. The molecule has 1 amide bonds. The van der Waals surface area contributed by atoms with E-state index in [4.69, 9.17) is 0 Å². The maximum atomic E-state index is 14.6. The minimum absolute atomic E-state index is 0.0104. The lowest BCUT2D eigenvalue weighted by Crippen LogP contribution is -2.42. The highest BCUT2D eigenvalue weighted by molar-refractivity contribution is 7.92. The molecule has 5 nitrogen and oxygen atoms in total. The fourth-order valence-corrected chi connectivity index (χ4v) is 5.65. The lowest BCUT2D eigenvalue weighted by atomic mass is 9.89. The number of halogens is 1. The van der Waals surface area contributed by atoms with Crippen molar-refractivity contribution < 1.29 is 17.6 Å². The molecule has 33 heavy (non-hydrogen) atoms. The van der Waals surface area contributed by atoms with Gasteiger partial charge in [0.2, 0.25) is 5.91 Å². The lowest BCUT2D eigenvalue weighted by molar-refractivity contribution is -0.120. The molecule has 7 heteroatoms. The highest BCUT2D eigenvalue weighted by atomic mass is 32.2. The van der Waals surface area contributed by atoms with Crippen molar-refractivity contribution in [3.05, 3.63) is 95.3 Å². The van der Waals surface area contributed by atoms with Crippen molar-refractivity contribution in [2.45, 2.75) is 43.5 Å². The predicted octanol–water partition coefficient (Wildman–Crippen LogP) is 4.78. The molecule has 1 N–H and O–H groups in total. The van der Waals surface area contributed by atoms with Crippen molar-refractivity contribution >= 4 is 21.6 Å². The summed E-state index contributed by atoms with van der Waals surface area (Å²) in [5.74, 6) is -1.23. The summed E-state index contributed by atoms with van der Waals surface area (Å²) < 4.78 is 42.0. The number of nitrogens with one attached hydrogen (secondary N) is 1. The van der Waals surface area contributed by atoms with Gasteiger partial charge in [-0.15, -0.1) is 0 Å². The number of fused-ring (bicyclic) bond motifs is 1. The Labute approximate surface area is 194 Å². The van der Waals surface area contributed by atoms with Gasteiger partial charge in [0.05, 0.1) is 16.6 Å². The largest absolute Gasteiger partial charge is 0.348 e. The first-order valence-electron chi connectivity index (χ1n) is 11.1. The van der Waals surface area contributed by atoms with Crippen molar-refractivity contribution in [2.75, 3.05) is 10.8 Å². The Morgan fingerprint density at radius 3 is 2.36 bits per heavy atom. The standard InChI is InChI=1S/C26H27FN2O3S/c1-19(21-16-15-20-9-5-6-10-22(20)17-21)28-26(30)18-29(25-14-8-7-13-24(25)27)33(31,32)23-11-3-2-4-12-23/h2-4,7-8,11-17,19H,5-6,9-10,18H2,1H3,(H,28,30)/t19-/m0/s1. The van der Waals surface area contributed by atoms with Gasteiger partial charge < -0.3 is 5.32 Å². The number of carbonyl (C=O) groups excluding carboxylic acids is 1. The average molecular weight is 467 g/mol. The maximum Gasteiger partial charge on any atom is 0.264 e. The van der Waals surface area contributed by atoms with Crippen LogP contribution >= 0.6 is 0 Å². The Balaban J connectivity index is 1.57. The lowest BCUT2D eigenvalue weighted by Gasteiger charge is -2.26. The third-order valence-corrected chi connectivity index (χ3v) is 7.76. The molecular formula is C26H27FN2O3S. The molecule has 172 valence electrons. The SMILES string of the molecule is C[C@H](NC(=O)CN(c1ccccc1F)S(=O)(=O)c1ccccc1)c1ccc2c(c1)CCCC2. The summed E-state index contributed by atoms with van der Waals surface area (Å²) in [6.45, 7) is 1.33. The summed E-state index contributed by atoms with van der Waals surface area (Å²) in [5, 5.41) is 2.88. The maximum absolute atomic E-state index is 14.6. The van der Waals surface area contributed by atoms with Gasteiger partial charge in [-0.05, 0) is 73.6 Å². The minimum atomic E-state index is -4.15. The Morgan fingerprint density at radius 1 is 0.970 bits per heavy atom. The summed E-state index contributed by atoms with van der Waals surface area (Å²) in [6.07, 6.45) is 4.46. The Hall–Kier alpha value is -3.19. The second-order valence-corrected chi connectivity index (χ2v) is 10.2. The van der Waals surface area contributed by atoms with Crippen LogP contribution in [0.5, 0.6) is 0 Å². The number of aryl methyl sites for hydroxylation is 2. The number of rotatable bonds is 7. The molecule has 0 unspecified atom stereocenters. The van der Waals surface area contributed by atoms with E-state index in [1.807, 2.05) is 13.0 Å². The molecule has 1 aliphatic rings. The van der Waals surface area contributed by atoms with Crippen LogP contribution in [0.2, 0.25) is 0 Å². The summed E-state index contributed by atoms with van der Waals surface area (Å²) in [7, 11) is -4.15. The fourth-order valence-electron chi connectivity index (χ4n) is 4.20. The van der Waals surface area contributed by atoms with E-state index < -0.39 is 28.3 Å². The number of benzene rings is 3. The number of anilines is 1. The number of sulfonamides is 1. The highest BCUT2D eigenvalue weighted by Gasteiger charge is 2.29. The number of hydrogen-bond acceptors (Lipinski definition) is 3. The molecule has 0 aromatic heterocycles. The normalized spacial score (nSPS) is 14.2. The molecule has 0 saturated heterocycles. The van der Waals surface area contributed by atoms with Gasteiger partial charge in [-0.1, -0.05) is 48.5 Å². The molecule has 0 bridgehead atoms. The molecule has 4 rings (SSSR count). The molecule has 0 radical (unpaired) electrons. The van der Waals surface area contributed by atoms with E-state index in [0.717, 1.165) is 29.1 Å². The number of nitrogens with zero attached hydrogens (tertiary/aromatic N) is 1. The molecule has 0 spiro atoms. The summed E-state index contributed by atoms with van der Waals surface area (Å²) in [6, 6.07) is 19.2. The topological polar surface area (TPSA) is 66.5 Å². The molecule has 3 aromatic carbocycles. The molecule has 1 aliphatic carbocycles. The molecule has 3 aromatic rings. The van der Waals surface area contributed by atoms with Crippen LogP contribution in [0.25, 0.3) is 0 Å². The van der Waals surface area contributed by atoms with Gasteiger partial charge in [-0.25, -0.2) is 12.8 Å². The van der Waals surface area contributed by atoms with E-state index >= 15 is 0 Å². The van der Waals surface area contributed by atoms with Crippen molar-refractivity contribution in [3.63, 3.8) is 0 Å². The van der Waals surface area contributed by atoms with Gasteiger partial charge in [0.1, 0.15) is 12.4 Å². The average Bonchev–Trinajstić information content (AvgIpc) is 2.83. The monoisotopic (exact) mass is 466 g/mol. The van der Waals surface area contributed by atoms with E-state index in [2.05, 4.69) is 17.4 Å². The second-order valence-electron chi connectivity index (χ2n) is 8.30. The van der Waals surface area contributed by atoms with E-state index in [1.54, 1.807) is 24.3 Å². The molecular weight excluding hydrogens is 439 g/mol. The van der Waals surface area contributed by atoms with Gasteiger partial charge in [0, 0.05) is 0 Å². The van der Waals surface area contributed by atoms with Gasteiger partial charge in [0.25, 0.3) is 10.0 Å². The first-order valence-corrected chi connectivity index (χ1v) is 12.5. The molecule has 1 atom stereocenters. The zero-order valence-electron chi connectivity index (χ0n) is 18.5. The van der Waals surface area contributed by atoms with Gasteiger partial charge in [0.15, 0.2) is 0 Å². The zero-order chi connectivity index (χ0) is 23.4. The first kappa shape index (κ1) is 23.0. The third kappa shape index (κ3) is 5.09. The number of carbonyl (C=O) groups is 1. The summed E-state index contributed by atoms with van der Waals surface area (Å²) in [4.78, 5) is 12.9. The van der Waals surface area contributed by atoms with E-state index in [1.165, 1.54) is 47.9 Å². The summed E-state index contributed by atoms with van der Waals surface area (Å²) >= 11 is 0. The van der Waals surface area contributed by atoms with Gasteiger partial charge >= 0.3 is 0 Å². The van der Waals surface area contributed by atoms with Crippen LogP contribution in [0.4, 0.5) is 10.1 Å². The minimum Gasteiger partial charge on any atom is -0.348 e. The van der Waals surface area contributed by atoms with Crippen LogP contribution in [0.15, 0.2) is 77.7 Å². The fraction of sp³-hybridized carbons (Fsp3) is 0.269. The molecule has 0 fully saturated rings. The zero-order valence-corrected chi connectivity index (χ0v) is 19.3. The van der Waals surface area contributed by atoms with Gasteiger partial charge in [-0.2, -0.15) is 0 Å². The first-order chi connectivity index (χ1) is 15.9. The van der Waals surface area contributed by atoms with Crippen LogP contribution in [-0.2, 0) is 27.7 Å². The quantitative estimate of drug-likeness (QED) is 0.545. The highest BCUT2D eigenvalue weighted by Crippen LogP contribution is 2.27. The number of para-hydroxylation sites is 1. The van der Waals surface area contributed by atoms with Gasteiger partial charge in [-0.3, -0.25) is 9.10 Å². The molecule has 0 aliphatic heterocycles. The van der Waals surface area contributed by atoms with Crippen LogP contribution in [-0.4, -0.2) is 20.9 Å². The van der Waals surface area contributed by atoms with Crippen molar-refractivity contribution in [1.29, 1.82) is 0 Å². The Kier molecular flexibility index (Phi) is 6.79. The van der Waals surface area contributed by atoms with Crippen molar-refractivity contribution in [1.82, 2.24) is 5.32 Å². The van der Waals surface area contributed by atoms with Crippen LogP contribution < -0.4 is 9.62 Å². The van der Waals surface area contributed by atoms with E-state index in [0.29, 0.717) is 0 Å².